The average molecular weight is 1400 g/mol. The first-order chi connectivity index (χ1) is 51.7. The van der Waals surface area contributed by atoms with E-state index >= 15 is 0 Å². The summed E-state index contributed by atoms with van der Waals surface area (Å²) in [5.41, 5.74) is 17.4. The highest BCUT2D eigenvalue weighted by Gasteiger charge is 2.34. The van der Waals surface area contributed by atoms with Gasteiger partial charge in [-0.25, -0.2) is 0 Å². The zero-order valence-electron chi connectivity index (χ0n) is 67.5. The molecule has 0 heterocycles. The topological polar surface area (TPSA) is 48.1 Å². The minimum atomic E-state index is 0.160. The molecule has 0 amide bonds. The fourth-order valence-electron chi connectivity index (χ4n) is 12.7. The van der Waals surface area contributed by atoms with E-state index in [9.17, 15) is 0 Å². The van der Waals surface area contributed by atoms with Gasteiger partial charge in [0.15, 0.2) is 0 Å². The van der Waals surface area contributed by atoms with Crippen LogP contribution in [0.2, 0.25) is 0 Å². The van der Waals surface area contributed by atoms with Crippen molar-refractivity contribution in [3.05, 3.63) is 361 Å². The molecule has 0 saturated carbocycles. The molecule has 0 aromatic heterocycles. The summed E-state index contributed by atoms with van der Waals surface area (Å²) >= 11 is 0. The van der Waals surface area contributed by atoms with Crippen molar-refractivity contribution in [1.29, 1.82) is 0 Å². The normalized spacial score (nSPS) is 10.6. The second-order valence-electron chi connectivity index (χ2n) is 25.9. The monoisotopic (exact) mass is 1400 g/mol. The van der Waals surface area contributed by atoms with Crippen LogP contribution in [-0.2, 0) is 5.41 Å². The summed E-state index contributed by atoms with van der Waals surface area (Å²) < 4.78 is 0. The van der Waals surface area contributed by atoms with Gasteiger partial charge in [-0.1, -0.05) is 390 Å². The Bertz CT molecular complexity index is 4540. The van der Waals surface area contributed by atoms with Gasteiger partial charge < -0.3 is 21.3 Å². The molecule has 106 heavy (non-hydrogen) atoms. The van der Waals surface area contributed by atoms with E-state index in [4.69, 9.17) is 0 Å². The summed E-state index contributed by atoms with van der Waals surface area (Å²) in [6, 6.07) is 117. The molecule has 15 aromatic carbocycles. The molecule has 4 N–H and O–H groups in total. The lowest BCUT2D eigenvalue weighted by Gasteiger charge is -2.20. The lowest BCUT2D eigenvalue weighted by molar-refractivity contribution is 0.660. The number of rotatable bonds is 8. The Kier molecular flexibility index (Phi) is 37.8. The zero-order valence-corrected chi connectivity index (χ0v) is 67.5. The van der Waals surface area contributed by atoms with Crippen LogP contribution in [0.15, 0.2) is 334 Å². The van der Waals surface area contributed by atoms with E-state index < -0.39 is 0 Å². The van der Waals surface area contributed by atoms with Gasteiger partial charge >= 0.3 is 0 Å². The molecule has 0 saturated heterocycles. The molecule has 1 aliphatic rings. The fourth-order valence-corrected chi connectivity index (χ4v) is 12.7. The molecule has 16 rings (SSSR count). The van der Waals surface area contributed by atoms with Crippen LogP contribution < -0.4 is 21.3 Å². The van der Waals surface area contributed by atoms with Crippen LogP contribution >= 0.6 is 0 Å². The number of hydrogen-bond acceptors (Lipinski definition) is 4. The van der Waals surface area contributed by atoms with Crippen LogP contribution in [0.25, 0.3) is 76.1 Å². The van der Waals surface area contributed by atoms with E-state index in [0.29, 0.717) is 17.8 Å². The molecule has 1 aliphatic carbocycles. The molecule has 0 radical (unpaired) electrons. The maximum atomic E-state index is 3.03. The third kappa shape index (κ3) is 24.3. The molecule has 0 bridgehead atoms. The summed E-state index contributed by atoms with van der Waals surface area (Å²) in [5, 5.41) is 25.9. The van der Waals surface area contributed by atoms with Crippen LogP contribution in [0.3, 0.4) is 0 Å². The summed E-state index contributed by atoms with van der Waals surface area (Å²) in [7, 11) is 7.65. The van der Waals surface area contributed by atoms with E-state index in [1.807, 2.05) is 211 Å². The maximum Gasteiger partial charge on any atom is 0.0337 e. The molecule has 4 heteroatoms. The maximum absolute atomic E-state index is 3.03. The largest absolute Gasteiger partial charge is 0.388 e. The highest BCUT2D eigenvalue weighted by atomic mass is 14.8. The molecule has 0 spiro atoms. The van der Waals surface area contributed by atoms with Crippen molar-refractivity contribution in [2.24, 2.45) is 0 Å². The second-order valence-corrected chi connectivity index (χ2v) is 25.9. The molecule has 0 aliphatic heterocycles. The molecule has 15 aromatic rings. The molecule has 4 nitrogen and oxygen atoms in total. The van der Waals surface area contributed by atoms with Crippen molar-refractivity contribution < 1.29 is 0 Å². The minimum absolute atomic E-state index is 0.160. The zero-order chi connectivity index (χ0) is 77.2. The van der Waals surface area contributed by atoms with Gasteiger partial charge in [-0.05, 0) is 176 Å². The quantitative estimate of drug-likeness (QED) is 0.0905. The first-order valence-corrected chi connectivity index (χ1v) is 38.6. The van der Waals surface area contributed by atoms with Gasteiger partial charge in [-0.3, -0.25) is 0 Å². The number of para-hydroxylation sites is 4. The number of nitrogens with one attached hydrogen (secondary N) is 4. The Morgan fingerprint density at radius 2 is 0.557 bits per heavy atom. The summed E-state index contributed by atoms with van der Waals surface area (Å²) in [4.78, 5) is 0. The van der Waals surface area contributed by atoms with E-state index in [0.717, 1.165) is 22.7 Å². The Labute approximate surface area is 639 Å². The van der Waals surface area contributed by atoms with Crippen LogP contribution in [-0.4, -0.2) is 28.2 Å². The minimum Gasteiger partial charge on any atom is -0.388 e. The summed E-state index contributed by atoms with van der Waals surface area (Å²) in [6.07, 6.45) is 0. The predicted octanol–water partition coefficient (Wildman–Crippen LogP) is 30.3. The second kappa shape index (κ2) is 46.7. The summed E-state index contributed by atoms with van der Waals surface area (Å²) in [5.74, 6) is 1.71. The molecule has 0 atom stereocenters. The van der Waals surface area contributed by atoms with Crippen LogP contribution in [0.4, 0.5) is 22.7 Å². The number of fused-ring (bicyclic) bond motifs is 5. The van der Waals surface area contributed by atoms with E-state index in [-0.39, 0.29) is 5.41 Å². The first-order valence-electron chi connectivity index (χ1n) is 38.6. The number of benzene rings is 15. The molecule has 0 unspecified atom stereocenters. The average Bonchev–Trinajstić information content (AvgIpc) is 1.01. The number of hydrogen-bond donors (Lipinski definition) is 4. The highest BCUT2D eigenvalue weighted by Crippen LogP contribution is 2.48. The van der Waals surface area contributed by atoms with Crippen molar-refractivity contribution in [3.8, 4) is 22.3 Å². The van der Waals surface area contributed by atoms with Crippen molar-refractivity contribution in [2.75, 3.05) is 49.5 Å². The van der Waals surface area contributed by atoms with Gasteiger partial charge in [0.25, 0.3) is 0 Å². The first kappa shape index (κ1) is 85.7. The van der Waals surface area contributed by atoms with Crippen LogP contribution in [0.5, 0.6) is 0 Å². The van der Waals surface area contributed by atoms with Gasteiger partial charge in [0.05, 0.1) is 0 Å². The molecular weight excluding hydrogens is 1280 g/mol. The third-order valence-electron chi connectivity index (χ3n) is 18.0. The smallest absolute Gasteiger partial charge is 0.0337 e. The van der Waals surface area contributed by atoms with Crippen molar-refractivity contribution in [3.63, 3.8) is 0 Å². The number of anilines is 4. The van der Waals surface area contributed by atoms with Crippen LogP contribution in [0.1, 0.15) is 156 Å². The van der Waals surface area contributed by atoms with E-state index in [1.54, 1.807) is 0 Å². The highest BCUT2D eigenvalue weighted by molar-refractivity contribution is 6.23. The Balaban J connectivity index is 0.000000219. The summed E-state index contributed by atoms with van der Waals surface area (Å²) in [6.45, 7) is 34.1. The van der Waals surface area contributed by atoms with E-state index in [1.165, 1.54) is 104 Å². The Morgan fingerprint density at radius 3 is 0.915 bits per heavy atom. The lowest BCUT2D eigenvalue weighted by Crippen LogP contribution is -2.14. The molecule has 0 fully saturated rings. The predicted molar refractivity (Wildman–Crippen MR) is 479 cm³/mol. The van der Waals surface area contributed by atoms with Crippen molar-refractivity contribution in [1.82, 2.24) is 0 Å². The van der Waals surface area contributed by atoms with Crippen molar-refractivity contribution >= 4 is 76.6 Å². The molecular formula is C102H122N4. The Morgan fingerprint density at radius 1 is 0.245 bits per heavy atom. The Hall–Kier alpha value is -10.9. The van der Waals surface area contributed by atoms with Gasteiger partial charge in [-0.15, -0.1) is 0 Å². The van der Waals surface area contributed by atoms with Crippen molar-refractivity contribution in [2.45, 2.75) is 134 Å². The SMILES string of the molecule is CC.CC.CC.CC.CC(C)c1c2ccccc2cc2ccccc12.CC(C)c1ccc(-c2ccccc2)cc1.CC(C)c1ccc2ccc3cccc4ccc1c2c34.CC1(C)c2ccccc2-c2ccccc21.CNc1ccccc1.CNc1ccccc1.CNc1ccccc1.CNc1ccccc1. The van der Waals surface area contributed by atoms with Gasteiger partial charge in [0.2, 0.25) is 0 Å². The van der Waals surface area contributed by atoms with Gasteiger partial charge in [-0.2, -0.15) is 0 Å². The third-order valence-corrected chi connectivity index (χ3v) is 18.0. The lowest BCUT2D eigenvalue weighted by atomic mass is 9.82. The fraction of sp³-hybridized carbons (Fsp3) is 0.235. The van der Waals surface area contributed by atoms with Crippen LogP contribution in [0, 0.1) is 0 Å². The standard InChI is InChI=1S/C19H16.C17H16.C15H14.C15H16.4C7H9N.4C2H6/c1-12(2)16-10-8-15-7-6-13-4-3-5-14-9-11-17(16)19(15)18(13)14;1-12(2)17-15-9-5-3-7-13(15)11-14-8-4-6-10-16(14)17;1-15(2)13-9-5-3-7-11(13)12-8-4-6-10-14(12)15;1-12(2)13-8-10-15(11-9-13)14-6-4-3-5-7-14;4*1-8-7-5-3-2-4-6-7;4*1-2/h3-12H,1-2H3;3-12H,1-2H3;3-10H,1-2H3;3-12H,1-2H3;4*2-6,8H,1H3;4*1-2H3. The molecule has 550 valence electrons. The van der Waals surface area contributed by atoms with Gasteiger partial charge in [0.1, 0.15) is 0 Å². The van der Waals surface area contributed by atoms with Gasteiger partial charge in [0, 0.05) is 56.4 Å². The van der Waals surface area contributed by atoms with E-state index in [2.05, 4.69) is 283 Å².